The van der Waals surface area contributed by atoms with Gasteiger partial charge in [0.25, 0.3) is 0 Å². The van der Waals surface area contributed by atoms with Crippen molar-refractivity contribution in [3.05, 3.63) is 0 Å². The first-order valence-electron chi connectivity index (χ1n) is 5.97. The molecule has 94 valence electrons. The zero-order chi connectivity index (χ0) is 12.3. The third-order valence-corrected chi connectivity index (χ3v) is 2.84. The molecule has 0 saturated carbocycles. The molecule has 2 atom stereocenters. The van der Waals surface area contributed by atoms with Gasteiger partial charge in [0.05, 0.1) is 12.6 Å². The van der Waals surface area contributed by atoms with Gasteiger partial charge in [0.1, 0.15) is 5.60 Å². The molecule has 1 amide bonds. The number of amides is 1. The number of aliphatic hydroxyl groups is 1. The number of carbonyl (C=O) groups excluding carboxylic acids is 1. The van der Waals surface area contributed by atoms with Crippen molar-refractivity contribution >= 4 is 6.09 Å². The number of nitrogens with zero attached hydrogens (tertiary/aromatic N) is 1. The van der Waals surface area contributed by atoms with Crippen molar-refractivity contribution in [2.75, 3.05) is 6.61 Å². The molecule has 1 heterocycles. The number of aliphatic hydroxyl groups excluding tert-OH is 1. The molecule has 16 heavy (non-hydrogen) atoms. The molecule has 4 heteroatoms. The predicted molar refractivity (Wildman–Crippen MR) is 62.3 cm³/mol. The fraction of sp³-hybridized carbons (Fsp3) is 0.917. The smallest absolute Gasteiger partial charge is 0.410 e. The summed E-state index contributed by atoms with van der Waals surface area (Å²) in [6.07, 6.45) is 2.60. The van der Waals surface area contributed by atoms with E-state index in [0.29, 0.717) is 0 Å². The lowest BCUT2D eigenvalue weighted by Crippen LogP contribution is -2.52. The molecule has 0 aromatic heterocycles. The summed E-state index contributed by atoms with van der Waals surface area (Å²) in [5, 5.41) is 9.28. The lowest BCUT2D eigenvalue weighted by Gasteiger charge is -2.40. The molecule has 0 aromatic rings. The van der Waals surface area contributed by atoms with Crippen LogP contribution in [-0.4, -0.2) is 40.4 Å². The van der Waals surface area contributed by atoms with Gasteiger partial charge in [-0.15, -0.1) is 0 Å². The first-order valence-corrected chi connectivity index (χ1v) is 5.97. The zero-order valence-electron chi connectivity index (χ0n) is 10.7. The molecule has 4 nitrogen and oxygen atoms in total. The van der Waals surface area contributed by atoms with Gasteiger partial charge in [0.15, 0.2) is 0 Å². The van der Waals surface area contributed by atoms with Gasteiger partial charge in [0, 0.05) is 6.04 Å². The molecule has 1 rings (SSSR count). The molecule has 0 spiro atoms. The molecule has 1 fully saturated rings. The number of rotatable bonds is 1. The molecule has 1 aliphatic rings. The van der Waals surface area contributed by atoms with Crippen LogP contribution in [0.4, 0.5) is 4.79 Å². The van der Waals surface area contributed by atoms with Gasteiger partial charge in [0.2, 0.25) is 0 Å². The van der Waals surface area contributed by atoms with Gasteiger partial charge < -0.3 is 14.7 Å². The third kappa shape index (κ3) is 3.37. The van der Waals surface area contributed by atoms with E-state index in [1.165, 1.54) is 0 Å². The summed E-state index contributed by atoms with van der Waals surface area (Å²) in [6.45, 7) is 7.59. The van der Waals surface area contributed by atoms with Crippen molar-refractivity contribution in [1.82, 2.24) is 4.90 Å². The van der Waals surface area contributed by atoms with Crippen molar-refractivity contribution in [3.63, 3.8) is 0 Å². The van der Waals surface area contributed by atoms with E-state index in [4.69, 9.17) is 4.74 Å². The highest BCUT2D eigenvalue weighted by Crippen LogP contribution is 2.24. The largest absolute Gasteiger partial charge is 0.444 e. The second-order valence-electron chi connectivity index (χ2n) is 5.50. The monoisotopic (exact) mass is 229 g/mol. The number of hydrogen-bond donors (Lipinski definition) is 1. The Kier molecular flexibility index (Phi) is 4.19. The van der Waals surface area contributed by atoms with Crippen LogP contribution < -0.4 is 0 Å². The van der Waals surface area contributed by atoms with Gasteiger partial charge in [-0.25, -0.2) is 4.79 Å². The van der Waals surface area contributed by atoms with Crippen molar-refractivity contribution in [2.45, 2.75) is 64.6 Å². The van der Waals surface area contributed by atoms with Crippen LogP contribution >= 0.6 is 0 Å². The summed E-state index contributed by atoms with van der Waals surface area (Å²) >= 11 is 0. The molecular weight excluding hydrogens is 206 g/mol. The summed E-state index contributed by atoms with van der Waals surface area (Å²) < 4.78 is 5.36. The first-order chi connectivity index (χ1) is 7.35. The van der Waals surface area contributed by atoms with E-state index in [1.807, 2.05) is 27.7 Å². The Morgan fingerprint density at radius 1 is 1.44 bits per heavy atom. The fourth-order valence-corrected chi connectivity index (χ4v) is 2.11. The highest BCUT2D eigenvalue weighted by molar-refractivity contribution is 5.69. The maximum atomic E-state index is 12.0. The minimum atomic E-state index is -0.478. The summed E-state index contributed by atoms with van der Waals surface area (Å²) in [4.78, 5) is 13.7. The molecule has 0 bridgehead atoms. The molecule has 0 unspecified atom stereocenters. The van der Waals surface area contributed by atoms with E-state index in [9.17, 15) is 9.90 Å². The van der Waals surface area contributed by atoms with Crippen LogP contribution in [-0.2, 0) is 4.74 Å². The fourth-order valence-electron chi connectivity index (χ4n) is 2.11. The van der Waals surface area contributed by atoms with Crippen LogP contribution in [0.15, 0.2) is 0 Å². The van der Waals surface area contributed by atoms with Crippen LogP contribution in [0.1, 0.15) is 47.0 Å². The minimum absolute atomic E-state index is 0.0174. The second-order valence-corrected chi connectivity index (χ2v) is 5.50. The van der Waals surface area contributed by atoms with Crippen LogP contribution in [0.25, 0.3) is 0 Å². The minimum Gasteiger partial charge on any atom is -0.444 e. The van der Waals surface area contributed by atoms with E-state index < -0.39 is 5.60 Å². The third-order valence-electron chi connectivity index (χ3n) is 2.84. The van der Waals surface area contributed by atoms with Crippen LogP contribution in [0.5, 0.6) is 0 Å². The van der Waals surface area contributed by atoms with Crippen LogP contribution in [0, 0.1) is 0 Å². The Balaban J connectivity index is 2.70. The van der Waals surface area contributed by atoms with E-state index in [1.54, 1.807) is 4.90 Å². The average molecular weight is 229 g/mol. The molecule has 0 aliphatic carbocycles. The Labute approximate surface area is 97.6 Å². The van der Waals surface area contributed by atoms with Gasteiger partial charge >= 0.3 is 6.09 Å². The lowest BCUT2D eigenvalue weighted by molar-refractivity contribution is -0.0121. The number of hydrogen-bond acceptors (Lipinski definition) is 3. The molecular formula is C12H23NO3. The van der Waals surface area contributed by atoms with Crippen LogP contribution in [0.3, 0.4) is 0 Å². The number of likely N-dealkylation sites (tertiary alicyclic amines) is 1. The number of piperidine rings is 1. The zero-order valence-corrected chi connectivity index (χ0v) is 10.7. The average Bonchev–Trinajstić information content (AvgIpc) is 2.14. The topological polar surface area (TPSA) is 49.8 Å². The second kappa shape index (κ2) is 5.04. The van der Waals surface area contributed by atoms with E-state index in [2.05, 4.69) is 0 Å². The summed E-state index contributed by atoms with van der Waals surface area (Å²) in [5.41, 5.74) is -0.478. The first kappa shape index (κ1) is 13.3. The normalized spacial score (nSPS) is 26.7. The Morgan fingerprint density at radius 3 is 2.56 bits per heavy atom. The SMILES string of the molecule is C[C@@H]1CCC[C@H](CO)N1C(=O)OC(C)(C)C. The van der Waals surface area contributed by atoms with Crippen molar-refractivity contribution in [3.8, 4) is 0 Å². The molecule has 1 saturated heterocycles. The lowest BCUT2D eigenvalue weighted by atomic mass is 9.97. The van der Waals surface area contributed by atoms with Crippen molar-refractivity contribution in [2.24, 2.45) is 0 Å². The molecule has 1 N–H and O–H groups in total. The maximum Gasteiger partial charge on any atom is 0.410 e. The van der Waals surface area contributed by atoms with E-state index >= 15 is 0 Å². The Bertz CT molecular complexity index is 247. The van der Waals surface area contributed by atoms with Crippen molar-refractivity contribution in [1.29, 1.82) is 0 Å². The highest BCUT2D eigenvalue weighted by Gasteiger charge is 2.34. The maximum absolute atomic E-state index is 12.0. The van der Waals surface area contributed by atoms with Gasteiger partial charge in [-0.3, -0.25) is 0 Å². The van der Waals surface area contributed by atoms with Gasteiger partial charge in [-0.05, 0) is 47.0 Å². The Hall–Kier alpha value is -0.770. The van der Waals surface area contributed by atoms with E-state index in [0.717, 1.165) is 19.3 Å². The Morgan fingerprint density at radius 2 is 2.06 bits per heavy atom. The standard InChI is InChI=1S/C12H23NO3/c1-9-6-5-7-10(8-14)13(9)11(15)16-12(2,3)4/h9-10,14H,5-8H2,1-4H3/t9-,10-/m1/s1. The van der Waals surface area contributed by atoms with Crippen molar-refractivity contribution < 1.29 is 14.6 Å². The quantitative estimate of drug-likeness (QED) is 0.749. The predicted octanol–water partition coefficient (Wildman–Crippen LogP) is 2.16. The highest BCUT2D eigenvalue weighted by atomic mass is 16.6. The van der Waals surface area contributed by atoms with E-state index in [-0.39, 0.29) is 24.8 Å². The van der Waals surface area contributed by atoms with Gasteiger partial charge in [-0.1, -0.05) is 0 Å². The summed E-state index contributed by atoms with van der Waals surface area (Å²) in [5.74, 6) is 0. The number of carbonyl (C=O) groups is 1. The molecule has 0 radical (unpaired) electrons. The summed E-state index contributed by atoms with van der Waals surface area (Å²) in [6, 6.07) is 0.0688. The van der Waals surface area contributed by atoms with Crippen LogP contribution in [0.2, 0.25) is 0 Å². The van der Waals surface area contributed by atoms with Gasteiger partial charge in [-0.2, -0.15) is 0 Å². The number of ether oxygens (including phenoxy) is 1. The molecule has 0 aromatic carbocycles. The summed E-state index contributed by atoms with van der Waals surface area (Å²) in [7, 11) is 0. The molecule has 1 aliphatic heterocycles.